The lowest BCUT2D eigenvalue weighted by Gasteiger charge is -2.37. The number of carbonyl (C=O) groups excluding carboxylic acids is 1. The number of rotatable bonds is 6. The van der Waals surface area contributed by atoms with Gasteiger partial charge in [0.15, 0.2) is 0 Å². The summed E-state index contributed by atoms with van der Waals surface area (Å²) in [4.78, 5) is 13.5. The topological polar surface area (TPSA) is 96.4 Å². The molecule has 3 atom stereocenters. The Morgan fingerprint density at radius 3 is 2.61 bits per heavy atom. The fraction of sp³-hybridized carbons (Fsp3) is 0.458. The van der Waals surface area contributed by atoms with E-state index in [0.29, 0.717) is 12.3 Å². The van der Waals surface area contributed by atoms with E-state index in [1.54, 1.807) is 38.1 Å². The van der Waals surface area contributed by atoms with Crippen LogP contribution in [0.15, 0.2) is 47.4 Å². The number of nitrogens with zero attached hydrogens (tertiary/aromatic N) is 2. The summed E-state index contributed by atoms with van der Waals surface area (Å²) in [5.74, 6) is 0.569. The van der Waals surface area contributed by atoms with Crippen molar-refractivity contribution in [2.45, 2.75) is 37.8 Å². The third-order valence-corrected chi connectivity index (χ3v) is 8.08. The number of amides is 1. The van der Waals surface area contributed by atoms with Gasteiger partial charge in [0, 0.05) is 32.5 Å². The maximum Gasteiger partial charge on any atom is 0.247 e. The van der Waals surface area contributed by atoms with E-state index in [0.717, 1.165) is 11.1 Å². The first-order valence-corrected chi connectivity index (χ1v) is 12.3. The third kappa shape index (κ3) is 5.31. The molecule has 0 aliphatic carbocycles. The van der Waals surface area contributed by atoms with Crippen LogP contribution in [0.2, 0.25) is 0 Å². The predicted octanol–water partition coefficient (Wildman–Crippen LogP) is 2.61. The van der Waals surface area contributed by atoms with Crippen LogP contribution in [0.4, 0.5) is 0 Å². The van der Waals surface area contributed by atoms with Crippen molar-refractivity contribution in [3.8, 4) is 22.6 Å². The lowest BCUT2D eigenvalue weighted by Crippen LogP contribution is -2.50. The minimum atomic E-state index is -3.92. The average molecular weight is 477 g/mol. The molecule has 1 aliphatic heterocycles. The average Bonchev–Trinajstić information content (AvgIpc) is 2.80. The first-order chi connectivity index (χ1) is 15.6. The van der Waals surface area contributed by atoms with Gasteiger partial charge in [-0.05, 0) is 42.3 Å². The minimum Gasteiger partial charge on any atom is -0.497 e. The van der Waals surface area contributed by atoms with Crippen molar-refractivity contribution in [3.63, 3.8) is 0 Å². The number of benzene rings is 2. The molecule has 0 unspecified atom stereocenters. The molecule has 0 spiro atoms. The van der Waals surface area contributed by atoms with E-state index in [1.807, 2.05) is 31.2 Å². The maximum absolute atomic E-state index is 13.6. The van der Waals surface area contributed by atoms with E-state index < -0.39 is 22.2 Å². The van der Waals surface area contributed by atoms with Gasteiger partial charge in [0.05, 0.1) is 20.3 Å². The molecule has 180 valence electrons. The smallest absolute Gasteiger partial charge is 0.247 e. The second-order valence-electron chi connectivity index (χ2n) is 8.53. The molecular weight excluding hydrogens is 444 g/mol. The molecule has 1 aliphatic rings. The Labute approximate surface area is 195 Å². The Hall–Kier alpha value is -2.62. The fourth-order valence-electron chi connectivity index (χ4n) is 3.82. The Balaban J connectivity index is 2.14. The molecule has 0 saturated heterocycles. The molecule has 0 radical (unpaired) electrons. The maximum atomic E-state index is 13.6. The number of hydrogen-bond acceptors (Lipinski definition) is 6. The highest BCUT2D eigenvalue weighted by Crippen LogP contribution is 2.37. The van der Waals surface area contributed by atoms with Crippen molar-refractivity contribution >= 4 is 15.9 Å². The van der Waals surface area contributed by atoms with E-state index in [-0.39, 0.29) is 35.6 Å². The number of carbonyl (C=O) groups is 1. The van der Waals surface area contributed by atoms with Gasteiger partial charge in [-0.2, -0.15) is 4.31 Å². The van der Waals surface area contributed by atoms with E-state index in [1.165, 1.54) is 17.3 Å². The fourth-order valence-corrected chi connectivity index (χ4v) is 5.65. The van der Waals surface area contributed by atoms with Gasteiger partial charge in [-0.25, -0.2) is 8.42 Å². The van der Waals surface area contributed by atoms with Crippen LogP contribution in [0.5, 0.6) is 11.5 Å². The van der Waals surface area contributed by atoms with Crippen LogP contribution in [0.25, 0.3) is 11.1 Å². The van der Waals surface area contributed by atoms with Crippen LogP contribution in [-0.2, 0) is 14.8 Å². The normalized spacial score (nSPS) is 21.2. The molecule has 1 amide bonds. The van der Waals surface area contributed by atoms with E-state index in [2.05, 4.69) is 0 Å². The zero-order valence-corrected chi connectivity index (χ0v) is 20.5. The molecule has 0 bridgehead atoms. The molecule has 9 heteroatoms. The quantitative estimate of drug-likeness (QED) is 0.689. The van der Waals surface area contributed by atoms with Crippen LogP contribution in [0.1, 0.15) is 20.8 Å². The van der Waals surface area contributed by atoms with Gasteiger partial charge in [-0.1, -0.05) is 25.1 Å². The van der Waals surface area contributed by atoms with Gasteiger partial charge in [0.2, 0.25) is 15.9 Å². The van der Waals surface area contributed by atoms with Crippen molar-refractivity contribution in [3.05, 3.63) is 42.5 Å². The molecule has 1 heterocycles. The second kappa shape index (κ2) is 10.1. The highest BCUT2D eigenvalue weighted by atomic mass is 32.2. The molecule has 1 N–H and O–H groups in total. The van der Waals surface area contributed by atoms with Crippen LogP contribution >= 0.6 is 0 Å². The zero-order valence-electron chi connectivity index (χ0n) is 19.7. The largest absolute Gasteiger partial charge is 0.497 e. The standard InChI is InChI=1S/C24H32N2O6S/c1-16-13-26(17(2)15-27)33(29,30)24-10-9-20(19-7-6-8-21(11-19)31-5)12-22(24)32-23(16)14-25(4)18(3)28/h6-12,16-17,23,27H,13-15H2,1-5H3/t16-,17+,23-/m1/s1. The number of ether oxygens (including phenoxy) is 2. The number of hydrogen-bond donors (Lipinski definition) is 1. The SMILES string of the molecule is COc1cccc(-c2ccc3c(c2)O[C@H](CN(C)C(C)=O)[C@H](C)CN([C@@H](C)CO)S3(=O)=O)c1. The Morgan fingerprint density at radius 1 is 1.27 bits per heavy atom. The summed E-state index contributed by atoms with van der Waals surface area (Å²) >= 11 is 0. The molecule has 0 fully saturated rings. The number of fused-ring (bicyclic) bond motifs is 1. The van der Waals surface area contributed by atoms with Gasteiger partial charge in [-0.3, -0.25) is 4.79 Å². The van der Waals surface area contributed by atoms with Gasteiger partial charge in [0.1, 0.15) is 22.5 Å². The third-order valence-electron chi connectivity index (χ3n) is 6.06. The molecular formula is C24H32N2O6S. The lowest BCUT2D eigenvalue weighted by atomic mass is 10.0. The monoisotopic (exact) mass is 476 g/mol. The lowest BCUT2D eigenvalue weighted by molar-refractivity contribution is -0.129. The Bertz CT molecular complexity index is 1100. The Morgan fingerprint density at radius 2 is 1.97 bits per heavy atom. The van der Waals surface area contributed by atoms with Crippen LogP contribution in [0.3, 0.4) is 0 Å². The first-order valence-electron chi connectivity index (χ1n) is 10.9. The molecule has 33 heavy (non-hydrogen) atoms. The van der Waals surface area contributed by atoms with Crippen LogP contribution in [-0.4, -0.2) is 74.6 Å². The van der Waals surface area contributed by atoms with Gasteiger partial charge < -0.3 is 19.5 Å². The Kier molecular flexibility index (Phi) is 7.66. The summed E-state index contributed by atoms with van der Waals surface area (Å²) < 4.78 is 40.0. The van der Waals surface area contributed by atoms with Crippen molar-refractivity contribution in [1.29, 1.82) is 0 Å². The molecule has 2 aromatic rings. The minimum absolute atomic E-state index is 0.0387. The zero-order chi connectivity index (χ0) is 24.3. The summed E-state index contributed by atoms with van der Waals surface area (Å²) in [5, 5.41) is 9.74. The summed E-state index contributed by atoms with van der Waals surface area (Å²) in [5.41, 5.74) is 1.63. The van der Waals surface area contributed by atoms with Gasteiger partial charge in [0.25, 0.3) is 0 Å². The number of aliphatic hydroxyl groups is 1. The van der Waals surface area contributed by atoms with Crippen molar-refractivity contribution in [2.75, 3.05) is 33.9 Å². The highest BCUT2D eigenvalue weighted by Gasteiger charge is 2.38. The molecule has 0 saturated carbocycles. The number of likely N-dealkylation sites (N-methyl/N-ethyl adjacent to an activating group) is 1. The predicted molar refractivity (Wildman–Crippen MR) is 126 cm³/mol. The van der Waals surface area contributed by atoms with Gasteiger partial charge in [-0.15, -0.1) is 0 Å². The molecule has 0 aromatic heterocycles. The number of methoxy groups -OCH3 is 1. The number of sulfonamides is 1. The summed E-state index contributed by atoms with van der Waals surface area (Å²) in [6, 6.07) is 11.8. The van der Waals surface area contributed by atoms with Gasteiger partial charge >= 0.3 is 0 Å². The molecule has 3 rings (SSSR count). The van der Waals surface area contributed by atoms with E-state index in [4.69, 9.17) is 9.47 Å². The summed E-state index contributed by atoms with van der Waals surface area (Å²) in [7, 11) is -0.647. The van der Waals surface area contributed by atoms with Crippen molar-refractivity contribution < 1.29 is 27.8 Å². The molecule has 2 aromatic carbocycles. The summed E-state index contributed by atoms with van der Waals surface area (Å²) in [6.07, 6.45) is -0.442. The van der Waals surface area contributed by atoms with Crippen molar-refractivity contribution in [2.24, 2.45) is 5.92 Å². The molecule has 8 nitrogen and oxygen atoms in total. The van der Waals surface area contributed by atoms with Crippen LogP contribution in [0, 0.1) is 5.92 Å². The first kappa shape index (κ1) is 25.0. The highest BCUT2D eigenvalue weighted by molar-refractivity contribution is 7.89. The van der Waals surface area contributed by atoms with Crippen molar-refractivity contribution in [1.82, 2.24) is 9.21 Å². The van der Waals surface area contributed by atoms with E-state index in [9.17, 15) is 18.3 Å². The van der Waals surface area contributed by atoms with E-state index >= 15 is 0 Å². The summed E-state index contributed by atoms with van der Waals surface area (Å²) in [6.45, 7) is 5.21. The van der Waals surface area contributed by atoms with Crippen LogP contribution < -0.4 is 9.47 Å². The second-order valence-corrected chi connectivity index (χ2v) is 10.4. The number of aliphatic hydroxyl groups excluding tert-OH is 1.